The van der Waals surface area contributed by atoms with Crippen molar-refractivity contribution in [1.29, 1.82) is 0 Å². The van der Waals surface area contributed by atoms with Crippen molar-refractivity contribution in [2.75, 3.05) is 6.54 Å². The van der Waals surface area contributed by atoms with Gasteiger partial charge in [-0.3, -0.25) is 4.79 Å². The van der Waals surface area contributed by atoms with Gasteiger partial charge in [-0.15, -0.1) is 0 Å². The third-order valence-corrected chi connectivity index (χ3v) is 3.79. The number of nitrogens with one attached hydrogen (secondary N) is 1. The zero-order valence-corrected chi connectivity index (χ0v) is 13.6. The van der Waals surface area contributed by atoms with Crippen LogP contribution in [-0.4, -0.2) is 11.1 Å². The van der Waals surface area contributed by atoms with E-state index in [-0.39, 0.29) is 5.56 Å². The van der Waals surface area contributed by atoms with Gasteiger partial charge in [0.05, 0.1) is 5.69 Å². The second-order valence-corrected chi connectivity index (χ2v) is 5.60. The van der Waals surface area contributed by atoms with Gasteiger partial charge in [0.1, 0.15) is 0 Å². The number of hydrogen-bond donors (Lipinski definition) is 1. The summed E-state index contributed by atoms with van der Waals surface area (Å²) >= 11 is 0. The van der Waals surface area contributed by atoms with E-state index in [1.54, 1.807) is 0 Å². The Labute approximate surface area is 133 Å². The normalized spacial score (nSPS) is 10.8. The lowest BCUT2D eigenvalue weighted by molar-refractivity contribution is 0.617. The van der Waals surface area contributed by atoms with Crippen LogP contribution in [0.5, 0.6) is 0 Å². The van der Waals surface area contributed by atoms with Crippen LogP contribution < -0.4 is 10.9 Å². The summed E-state index contributed by atoms with van der Waals surface area (Å²) in [4.78, 5) is 12.7. The molecule has 0 unspecified atom stereocenters. The van der Waals surface area contributed by atoms with E-state index in [0.29, 0.717) is 6.54 Å². The van der Waals surface area contributed by atoms with Crippen molar-refractivity contribution in [2.24, 2.45) is 0 Å². The van der Waals surface area contributed by atoms with Gasteiger partial charge < -0.3 is 9.88 Å². The average Bonchev–Trinajstić information content (AvgIpc) is 2.55. The maximum Gasteiger partial charge on any atom is 0.255 e. The molecule has 1 N–H and O–H groups in total. The van der Waals surface area contributed by atoms with Crippen LogP contribution >= 0.6 is 0 Å². The van der Waals surface area contributed by atoms with Crippen LogP contribution in [0.3, 0.4) is 0 Å². The van der Waals surface area contributed by atoms with Gasteiger partial charge in [-0.05, 0) is 31.0 Å². The minimum atomic E-state index is 0.132. The minimum absolute atomic E-state index is 0.132. The maximum atomic E-state index is 12.7. The molecule has 0 aliphatic carbocycles. The number of benzene rings is 1. The summed E-state index contributed by atoms with van der Waals surface area (Å²) in [5.41, 5.74) is 3.08. The molecule has 118 valence electrons. The van der Waals surface area contributed by atoms with E-state index in [2.05, 4.69) is 37.4 Å². The molecular formula is C19H26N2O. The van der Waals surface area contributed by atoms with Crippen molar-refractivity contribution < 1.29 is 0 Å². The van der Waals surface area contributed by atoms with Gasteiger partial charge in [0.15, 0.2) is 0 Å². The second kappa shape index (κ2) is 8.54. The number of rotatable bonds is 8. The van der Waals surface area contributed by atoms with Crippen molar-refractivity contribution >= 4 is 0 Å². The molecule has 0 saturated heterocycles. The van der Waals surface area contributed by atoms with E-state index in [1.165, 1.54) is 6.42 Å². The molecule has 0 spiro atoms. The molecule has 0 fully saturated rings. The molecule has 3 heteroatoms. The molecule has 1 aromatic carbocycles. The van der Waals surface area contributed by atoms with Crippen LogP contribution in [0.2, 0.25) is 0 Å². The zero-order chi connectivity index (χ0) is 15.8. The Kier molecular flexibility index (Phi) is 6.41. The highest BCUT2D eigenvalue weighted by molar-refractivity contribution is 5.59. The molecule has 0 bridgehead atoms. The molecule has 0 saturated carbocycles. The maximum absolute atomic E-state index is 12.7. The molecule has 0 radical (unpaired) electrons. The molecule has 22 heavy (non-hydrogen) atoms. The smallest absolute Gasteiger partial charge is 0.255 e. The molecule has 0 aliphatic rings. The lowest BCUT2D eigenvalue weighted by Crippen LogP contribution is -2.28. The van der Waals surface area contributed by atoms with Gasteiger partial charge in [-0.1, -0.05) is 56.7 Å². The van der Waals surface area contributed by atoms with E-state index in [0.717, 1.165) is 42.8 Å². The van der Waals surface area contributed by atoms with Gasteiger partial charge >= 0.3 is 0 Å². The molecular weight excluding hydrogens is 272 g/mol. The third-order valence-electron chi connectivity index (χ3n) is 3.79. The first-order valence-electron chi connectivity index (χ1n) is 8.26. The first kappa shape index (κ1) is 16.5. The highest BCUT2D eigenvalue weighted by atomic mass is 16.1. The quantitative estimate of drug-likeness (QED) is 0.752. The standard InChI is InChI=1S/C19H26N2O/c1-3-5-13-20-15-17-11-12-18(16-9-7-6-8-10-16)21(14-4-2)19(17)22/h6-12,20H,3-5,13-15H2,1-2H3. The average molecular weight is 298 g/mol. The van der Waals surface area contributed by atoms with Crippen molar-refractivity contribution in [3.8, 4) is 11.3 Å². The number of aromatic nitrogens is 1. The van der Waals surface area contributed by atoms with Crippen molar-refractivity contribution in [2.45, 2.75) is 46.2 Å². The summed E-state index contributed by atoms with van der Waals surface area (Å²) in [6.45, 7) is 6.64. The van der Waals surface area contributed by atoms with E-state index < -0.39 is 0 Å². The Morgan fingerprint density at radius 1 is 1.00 bits per heavy atom. The Hall–Kier alpha value is -1.87. The summed E-state index contributed by atoms with van der Waals surface area (Å²) in [5, 5.41) is 3.36. The molecule has 3 nitrogen and oxygen atoms in total. The van der Waals surface area contributed by atoms with E-state index >= 15 is 0 Å². The molecule has 2 aromatic rings. The first-order valence-corrected chi connectivity index (χ1v) is 8.26. The lowest BCUT2D eigenvalue weighted by Gasteiger charge is -2.14. The third kappa shape index (κ3) is 4.08. The molecule has 0 aliphatic heterocycles. The summed E-state index contributed by atoms with van der Waals surface area (Å²) in [6, 6.07) is 14.2. The molecule has 1 heterocycles. The van der Waals surface area contributed by atoms with Crippen LogP contribution in [0.15, 0.2) is 47.3 Å². The fourth-order valence-corrected chi connectivity index (χ4v) is 2.59. The van der Waals surface area contributed by atoms with Crippen LogP contribution in [0.1, 0.15) is 38.7 Å². The topological polar surface area (TPSA) is 34.0 Å². The van der Waals surface area contributed by atoms with Crippen LogP contribution in [0.4, 0.5) is 0 Å². The summed E-state index contributed by atoms with van der Waals surface area (Å²) in [7, 11) is 0. The van der Waals surface area contributed by atoms with Crippen LogP contribution in [-0.2, 0) is 13.1 Å². The van der Waals surface area contributed by atoms with E-state index in [4.69, 9.17) is 0 Å². The minimum Gasteiger partial charge on any atom is -0.312 e. The van der Waals surface area contributed by atoms with Gasteiger partial charge in [-0.2, -0.15) is 0 Å². The Morgan fingerprint density at radius 3 is 2.45 bits per heavy atom. The highest BCUT2D eigenvalue weighted by Crippen LogP contribution is 2.18. The second-order valence-electron chi connectivity index (χ2n) is 5.60. The Morgan fingerprint density at radius 2 is 1.77 bits per heavy atom. The van der Waals surface area contributed by atoms with E-state index in [9.17, 15) is 4.79 Å². The van der Waals surface area contributed by atoms with Gasteiger partial charge in [0, 0.05) is 18.7 Å². The predicted octanol–water partition coefficient (Wildman–Crippen LogP) is 3.82. The van der Waals surface area contributed by atoms with Gasteiger partial charge in [-0.25, -0.2) is 0 Å². The number of hydrogen-bond acceptors (Lipinski definition) is 2. The molecule has 2 rings (SSSR count). The van der Waals surface area contributed by atoms with Gasteiger partial charge in [0.25, 0.3) is 5.56 Å². The lowest BCUT2D eigenvalue weighted by atomic mass is 10.1. The molecule has 1 aromatic heterocycles. The van der Waals surface area contributed by atoms with Crippen molar-refractivity contribution in [3.63, 3.8) is 0 Å². The fraction of sp³-hybridized carbons (Fsp3) is 0.421. The van der Waals surface area contributed by atoms with Gasteiger partial charge in [0.2, 0.25) is 0 Å². The molecule has 0 atom stereocenters. The summed E-state index contributed by atoms with van der Waals surface area (Å²) in [5.74, 6) is 0. The van der Waals surface area contributed by atoms with Crippen LogP contribution in [0, 0.1) is 0 Å². The Bertz CT molecular complexity index is 632. The first-order chi connectivity index (χ1) is 10.8. The summed E-state index contributed by atoms with van der Waals surface area (Å²) in [6.07, 6.45) is 3.26. The highest BCUT2D eigenvalue weighted by Gasteiger charge is 2.09. The van der Waals surface area contributed by atoms with Crippen molar-refractivity contribution in [1.82, 2.24) is 9.88 Å². The van der Waals surface area contributed by atoms with E-state index in [1.807, 2.05) is 28.8 Å². The Balaban J connectivity index is 2.29. The number of pyridine rings is 1. The molecule has 0 amide bonds. The van der Waals surface area contributed by atoms with Crippen LogP contribution in [0.25, 0.3) is 11.3 Å². The predicted molar refractivity (Wildman–Crippen MR) is 93.0 cm³/mol. The largest absolute Gasteiger partial charge is 0.312 e. The van der Waals surface area contributed by atoms with Crippen molar-refractivity contribution in [3.05, 3.63) is 58.4 Å². The SMILES string of the molecule is CCCCNCc1ccc(-c2ccccc2)n(CCC)c1=O. The monoisotopic (exact) mass is 298 g/mol. The number of nitrogens with zero attached hydrogens (tertiary/aromatic N) is 1. The summed E-state index contributed by atoms with van der Waals surface area (Å²) < 4.78 is 1.91. The fourth-order valence-electron chi connectivity index (χ4n) is 2.59. The number of unbranched alkanes of at least 4 members (excludes halogenated alkanes) is 1. The zero-order valence-electron chi connectivity index (χ0n) is 13.6.